The summed E-state index contributed by atoms with van der Waals surface area (Å²) >= 11 is 1.74. The highest BCUT2D eigenvalue weighted by molar-refractivity contribution is 7.15. The van der Waals surface area contributed by atoms with Gasteiger partial charge < -0.3 is 10.6 Å². The first-order valence-electron chi connectivity index (χ1n) is 8.22. The standard InChI is InChI=1S/C21H25N3S/c1-6-9-16-10-8-11-17(14-16)18-12-13-19(25-18)20(15(3)7-2)23-21(22)24(4)5/h7-8,10-15,20H,2H2,1,3-5H3,(H2,22,23). The van der Waals surface area contributed by atoms with Gasteiger partial charge in [0.05, 0.1) is 6.04 Å². The van der Waals surface area contributed by atoms with Crippen LogP contribution in [0.4, 0.5) is 0 Å². The second-order valence-corrected chi connectivity index (χ2v) is 7.19. The zero-order chi connectivity index (χ0) is 18.4. The minimum absolute atomic E-state index is 0.0303. The smallest absolute Gasteiger partial charge is 0.191 e. The van der Waals surface area contributed by atoms with E-state index in [1.54, 1.807) is 11.3 Å². The van der Waals surface area contributed by atoms with E-state index in [2.05, 4.69) is 49.6 Å². The maximum atomic E-state index is 6.05. The summed E-state index contributed by atoms with van der Waals surface area (Å²) in [5.41, 5.74) is 8.25. The summed E-state index contributed by atoms with van der Waals surface area (Å²) in [6.45, 7) is 7.89. The minimum Gasteiger partial charge on any atom is -0.370 e. The fourth-order valence-corrected chi connectivity index (χ4v) is 3.55. The van der Waals surface area contributed by atoms with Crippen molar-refractivity contribution < 1.29 is 0 Å². The Kier molecular flexibility index (Phi) is 6.44. The van der Waals surface area contributed by atoms with Crippen LogP contribution in [-0.2, 0) is 0 Å². The maximum absolute atomic E-state index is 6.05. The molecule has 3 nitrogen and oxygen atoms in total. The summed E-state index contributed by atoms with van der Waals surface area (Å²) in [6, 6.07) is 12.5. The Morgan fingerprint density at radius 2 is 2.08 bits per heavy atom. The van der Waals surface area contributed by atoms with E-state index >= 15 is 0 Å². The van der Waals surface area contributed by atoms with Gasteiger partial charge in [0, 0.05) is 35.3 Å². The lowest BCUT2D eigenvalue weighted by atomic mass is 10.0. The zero-order valence-corrected chi connectivity index (χ0v) is 16.1. The molecule has 4 heteroatoms. The van der Waals surface area contributed by atoms with Crippen molar-refractivity contribution in [2.75, 3.05) is 14.1 Å². The summed E-state index contributed by atoms with van der Waals surface area (Å²) in [4.78, 5) is 8.91. The van der Waals surface area contributed by atoms with Crippen molar-refractivity contribution in [1.82, 2.24) is 4.90 Å². The van der Waals surface area contributed by atoms with Gasteiger partial charge in [-0.3, -0.25) is 0 Å². The topological polar surface area (TPSA) is 41.6 Å². The van der Waals surface area contributed by atoms with Gasteiger partial charge in [-0.15, -0.1) is 23.8 Å². The van der Waals surface area contributed by atoms with Gasteiger partial charge >= 0.3 is 0 Å². The Morgan fingerprint density at radius 3 is 2.72 bits per heavy atom. The molecule has 0 aliphatic rings. The summed E-state index contributed by atoms with van der Waals surface area (Å²) in [7, 11) is 3.79. The molecule has 0 bridgehead atoms. The van der Waals surface area contributed by atoms with Crippen LogP contribution in [0.5, 0.6) is 0 Å². The number of rotatable bonds is 5. The highest BCUT2D eigenvalue weighted by Gasteiger charge is 2.19. The molecule has 0 saturated heterocycles. The van der Waals surface area contributed by atoms with Gasteiger partial charge in [0.25, 0.3) is 0 Å². The van der Waals surface area contributed by atoms with Gasteiger partial charge in [-0.25, -0.2) is 4.99 Å². The third-order valence-electron chi connectivity index (χ3n) is 3.93. The van der Waals surface area contributed by atoms with Crippen LogP contribution in [-0.4, -0.2) is 25.0 Å². The summed E-state index contributed by atoms with van der Waals surface area (Å²) in [5.74, 6) is 6.78. The second-order valence-electron chi connectivity index (χ2n) is 6.08. The molecule has 2 rings (SSSR count). The van der Waals surface area contributed by atoms with Crippen molar-refractivity contribution in [2.24, 2.45) is 16.6 Å². The van der Waals surface area contributed by atoms with Crippen LogP contribution in [0.3, 0.4) is 0 Å². The summed E-state index contributed by atoms with van der Waals surface area (Å²) < 4.78 is 0. The van der Waals surface area contributed by atoms with Crippen LogP contribution in [0.25, 0.3) is 10.4 Å². The van der Waals surface area contributed by atoms with E-state index in [1.807, 2.05) is 44.1 Å². The molecule has 0 radical (unpaired) electrons. The van der Waals surface area contributed by atoms with Crippen molar-refractivity contribution in [2.45, 2.75) is 19.9 Å². The van der Waals surface area contributed by atoms with Gasteiger partial charge in [0.1, 0.15) is 0 Å². The molecule has 0 amide bonds. The molecule has 0 aliphatic heterocycles. The van der Waals surface area contributed by atoms with Gasteiger partial charge in [0.2, 0.25) is 0 Å². The van der Waals surface area contributed by atoms with Crippen molar-refractivity contribution >= 4 is 17.3 Å². The van der Waals surface area contributed by atoms with E-state index in [0.717, 1.165) is 5.56 Å². The molecule has 0 saturated carbocycles. The lowest BCUT2D eigenvalue weighted by molar-refractivity contribution is 0.547. The highest BCUT2D eigenvalue weighted by Crippen LogP contribution is 2.36. The van der Waals surface area contributed by atoms with Crippen LogP contribution in [0.2, 0.25) is 0 Å². The van der Waals surface area contributed by atoms with Crippen LogP contribution >= 0.6 is 11.3 Å². The maximum Gasteiger partial charge on any atom is 0.191 e. The predicted molar refractivity (Wildman–Crippen MR) is 110 cm³/mol. The lowest BCUT2D eigenvalue weighted by Gasteiger charge is -2.19. The van der Waals surface area contributed by atoms with Crippen molar-refractivity contribution in [1.29, 1.82) is 0 Å². The lowest BCUT2D eigenvalue weighted by Crippen LogP contribution is -2.31. The van der Waals surface area contributed by atoms with Crippen LogP contribution in [0.15, 0.2) is 54.0 Å². The van der Waals surface area contributed by atoms with E-state index in [-0.39, 0.29) is 12.0 Å². The Balaban J connectivity index is 2.39. The molecule has 25 heavy (non-hydrogen) atoms. The monoisotopic (exact) mass is 351 g/mol. The van der Waals surface area contributed by atoms with Crippen molar-refractivity contribution in [3.05, 3.63) is 59.5 Å². The molecular formula is C21H25N3S. The van der Waals surface area contributed by atoms with Crippen molar-refractivity contribution in [3.8, 4) is 22.3 Å². The number of aliphatic imine (C=N–C) groups is 1. The SMILES string of the molecule is C=CC(C)C(N=C(N)N(C)C)c1ccc(-c2cccc(C#CC)c2)s1. The van der Waals surface area contributed by atoms with Gasteiger partial charge in [-0.2, -0.15) is 0 Å². The number of guanidine groups is 1. The first kappa shape index (κ1) is 18.8. The molecule has 2 atom stereocenters. The molecule has 130 valence electrons. The molecule has 0 fully saturated rings. The number of benzene rings is 1. The molecule has 1 aromatic heterocycles. The van der Waals surface area contributed by atoms with Crippen LogP contribution < -0.4 is 5.73 Å². The Bertz CT molecular complexity index is 821. The van der Waals surface area contributed by atoms with Crippen molar-refractivity contribution in [3.63, 3.8) is 0 Å². The summed E-state index contributed by atoms with van der Waals surface area (Å²) in [6.07, 6.45) is 1.92. The first-order chi connectivity index (χ1) is 12.0. The molecular weight excluding hydrogens is 326 g/mol. The zero-order valence-electron chi connectivity index (χ0n) is 15.3. The largest absolute Gasteiger partial charge is 0.370 e. The fraction of sp³-hybridized carbons (Fsp3) is 0.286. The van der Waals surface area contributed by atoms with E-state index < -0.39 is 0 Å². The molecule has 1 heterocycles. The molecule has 2 aromatic rings. The molecule has 0 aliphatic carbocycles. The van der Waals surface area contributed by atoms with Crippen LogP contribution in [0, 0.1) is 17.8 Å². The second kappa shape index (κ2) is 8.55. The number of thiophene rings is 1. The average Bonchev–Trinajstić information content (AvgIpc) is 3.09. The third-order valence-corrected chi connectivity index (χ3v) is 5.14. The highest BCUT2D eigenvalue weighted by atomic mass is 32.1. The van der Waals surface area contributed by atoms with Gasteiger partial charge in [-0.05, 0) is 36.8 Å². The number of hydrogen-bond donors (Lipinski definition) is 1. The molecule has 0 spiro atoms. The Hall–Kier alpha value is -2.51. The quantitative estimate of drug-likeness (QED) is 0.372. The van der Waals surface area contributed by atoms with E-state index in [4.69, 9.17) is 10.7 Å². The van der Waals surface area contributed by atoms with Crippen LogP contribution in [0.1, 0.15) is 30.3 Å². The molecule has 2 N–H and O–H groups in total. The predicted octanol–water partition coefficient (Wildman–Crippen LogP) is 4.53. The Labute approximate surface area is 154 Å². The number of nitrogens with two attached hydrogens (primary N) is 1. The van der Waals surface area contributed by atoms with Gasteiger partial charge in [0.15, 0.2) is 5.96 Å². The molecule has 1 aromatic carbocycles. The molecule has 2 unspecified atom stereocenters. The summed E-state index contributed by atoms with van der Waals surface area (Å²) in [5, 5.41) is 0. The fourth-order valence-electron chi connectivity index (χ4n) is 2.39. The number of hydrogen-bond acceptors (Lipinski definition) is 2. The number of nitrogens with zero attached hydrogens (tertiary/aromatic N) is 2. The third kappa shape index (κ3) is 4.74. The van der Waals surface area contributed by atoms with E-state index in [9.17, 15) is 0 Å². The normalized spacial score (nSPS) is 13.5. The van der Waals surface area contributed by atoms with E-state index in [1.165, 1.54) is 15.3 Å². The average molecular weight is 352 g/mol. The first-order valence-corrected chi connectivity index (χ1v) is 9.04. The van der Waals surface area contributed by atoms with E-state index in [0.29, 0.717) is 5.96 Å². The Morgan fingerprint density at radius 1 is 1.32 bits per heavy atom. The minimum atomic E-state index is -0.0303. The van der Waals surface area contributed by atoms with Gasteiger partial charge in [-0.1, -0.05) is 31.1 Å².